The molecular weight excluding hydrogens is 561 g/mol. The molecule has 1 aliphatic rings. The van der Waals surface area contributed by atoms with Crippen LogP contribution in [0.15, 0.2) is 36.4 Å². The van der Waals surface area contributed by atoms with Crippen LogP contribution in [0.25, 0.3) is 0 Å². The maximum atomic E-state index is 6.63. The molecule has 0 saturated carbocycles. The zero-order chi connectivity index (χ0) is 31.9. The van der Waals surface area contributed by atoms with Gasteiger partial charge in [0.15, 0.2) is 0 Å². The van der Waals surface area contributed by atoms with Crippen molar-refractivity contribution in [1.29, 1.82) is 0 Å². The first kappa shape index (κ1) is 34.0. The Morgan fingerprint density at radius 2 is 0.814 bits per heavy atom. The average Bonchev–Trinajstić information content (AvgIpc) is 2.86. The molecule has 0 spiro atoms. The molecule has 0 N–H and O–H groups in total. The molecule has 43 heavy (non-hydrogen) atoms. The molecule has 3 aromatic carbocycles. The van der Waals surface area contributed by atoms with Crippen LogP contribution in [-0.2, 0) is 45.7 Å². The lowest BCUT2D eigenvalue weighted by Gasteiger charge is -2.27. The van der Waals surface area contributed by atoms with Crippen LogP contribution in [0.1, 0.15) is 137 Å². The Morgan fingerprint density at radius 1 is 0.512 bits per heavy atom. The summed E-state index contributed by atoms with van der Waals surface area (Å²) in [7, 11) is 0. The van der Waals surface area contributed by atoms with Crippen LogP contribution in [0, 0.1) is 13.8 Å². The van der Waals surface area contributed by atoms with Gasteiger partial charge >= 0.3 is 0 Å². The van der Waals surface area contributed by atoms with Gasteiger partial charge < -0.3 is 4.74 Å². The van der Waals surface area contributed by atoms with Crippen molar-refractivity contribution in [3.05, 3.63) is 97.6 Å². The molecule has 3 aromatic rings. The number of hydrogen-bond donors (Lipinski definition) is 0. The zero-order valence-electron chi connectivity index (χ0n) is 29.3. The van der Waals surface area contributed by atoms with E-state index in [1.165, 1.54) is 61.2 Å². The van der Waals surface area contributed by atoms with Gasteiger partial charge in [0, 0.05) is 34.1 Å². The van der Waals surface area contributed by atoms with Crippen LogP contribution >= 0.6 is 23.5 Å². The van der Waals surface area contributed by atoms with Gasteiger partial charge in [-0.2, -0.15) is 23.5 Å². The van der Waals surface area contributed by atoms with E-state index < -0.39 is 0 Å². The third kappa shape index (κ3) is 8.26. The van der Waals surface area contributed by atoms with Crippen molar-refractivity contribution in [3.63, 3.8) is 0 Å². The molecule has 1 nitrogen and oxygen atoms in total. The Kier molecular flexibility index (Phi) is 10.2. The predicted molar refractivity (Wildman–Crippen MR) is 193 cm³/mol. The number of hydrogen-bond acceptors (Lipinski definition) is 3. The molecule has 1 aliphatic heterocycles. The topological polar surface area (TPSA) is 9.23 Å². The maximum absolute atomic E-state index is 6.63. The largest absolute Gasteiger partial charge is 0.490 e. The van der Waals surface area contributed by atoms with Crippen LogP contribution in [0.3, 0.4) is 0 Å². The van der Waals surface area contributed by atoms with Crippen LogP contribution in [0.4, 0.5) is 0 Å². The van der Waals surface area contributed by atoms with E-state index in [2.05, 4.69) is 126 Å². The van der Waals surface area contributed by atoms with E-state index in [1.54, 1.807) is 0 Å². The maximum Gasteiger partial charge on any atom is 0.127 e. The summed E-state index contributed by atoms with van der Waals surface area (Å²) in [5.41, 5.74) is 16.0. The van der Waals surface area contributed by atoms with Gasteiger partial charge in [0.2, 0.25) is 0 Å². The van der Waals surface area contributed by atoms with Crippen LogP contribution in [-0.4, -0.2) is 6.10 Å². The minimum atomic E-state index is 0.0785. The molecule has 0 radical (unpaired) electrons. The lowest BCUT2D eigenvalue weighted by Crippen LogP contribution is -2.16. The highest BCUT2D eigenvalue weighted by molar-refractivity contribution is 7.98. The van der Waals surface area contributed by atoms with Crippen molar-refractivity contribution >= 4 is 23.5 Å². The molecule has 0 saturated heterocycles. The number of rotatable bonds is 2. The second kappa shape index (κ2) is 12.9. The van der Waals surface area contributed by atoms with Gasteiger partial charge in [-0.15, -0.1) is 0 Å². The van der Waals surface area contributed by atoms with Gasteiger partial charge in [-0.1, -0.05) is 98.7 Å². The summed E-state index contributed by atoms with van der Waals surface area (Å²) in [6.07, 6.45) is 1.13. The van der Waals surface area contributed by atoms with E-state index in [0.717, 1.165) is 35.2 Å². The minimum Gasteiger partial charge on any atom is -0.490 e. The van der Waals surface area contributed by atoms with E-state index in [1.807, 2.05) is 23.5 Å². The fourth-order valence-electron chi connectivity index (χ4n) is 5.75. The predicted octanol–water partition coefficient (Wildman–Crippen LogP) is 11.8. The summed E-state index contributed by atoms with van der Waals surface area (Å²) in [6, 6.07) is 14.8. The van der Waals surface area contributed by atoms with Crippen molar-refractivity contribution in [2.75, 3.05) is 0 Å². The highest BCUT2D eigenvalue weighted by atomic mass is 32.2. The molecule has 0 atom stereocenters. The van der Waals surface area contributed by atoms with Gasteiger partial charge in [-0.05, 0) is 100 Å². The molecule has 6 bridgehead atoms. The molecular formula is C40H56OS2. The summed E-state index contributed by atoms with van der Waals surface area (Å²) in [4.78, 5) is 0. The second-order valence-corrected chi connectivity index (χ2v) is 18.0. The molecule has 0 aromatic heterocycles. The normalized spacial score (nSPS) is 15.1. The van der Waals surface area contributed by atoms with Crippen LogP contribution in [0.2, 0.25) is 0 Å². The lowest BCUT2D eigenvalue weighted by molar-refractivity contribution is 0.238. The van der Waals surface area contributed by atoms with Crippen LogP contribution in [0.5, 0.6) is 5.75 Å². The first-order valence-corrected chi connectivity index (χ1v) is 18.4. The molecule has 1 heterocycles. The fourth-order valence-corrected chi connectivity index (χ4v) is 7.86. The third-order valence-corrected chi connectivity index (χ3v) is 10.9. The van der Waals surface area contributed by atoms with E-state index in [0.29, 0.717) is 0 Å². The molecule has 4 rings (SSSR count). The van der Waals surface area contributed by atoms with Crippen molar-refractivity contribution in [3.8, 4) is 5.75 Å². The summed E-state index contributed by atoms with van der Waals surface area (Å²) < 4.78 is 6.63. The highest BCUT2D eigenvalue weighted by Gasteiger charge is 2.24. The summed E-state index contributed by atoms with van der Waals surface area (Å²) >= 11 is 4.06. The van der Waals surface area contributed by atoms with E-state index in [-0.39, 0.29) is 22.3 Å². The summed E-state index contributed by atoms with van der Waals surface area (Å²) in [5.74, 6) is 5.01. The Bertz CT molecular complexity index is 1360. The Balaban J connectivity index is 1.94. The first-order valence-electron chi connectivity index (χ1n) is 16.1. The van der Waals surface area contributed by atoms with Gasteiger partial charge in [-0.25, -0.2) is 0 Å². The molecule has 3 heteroatoms. The number of benzene rings is 3. The zero-order valence-corrected chi connectivity index (χ0v) is 30.9. The quantitative estimate of drug-likeness (QED) is 0.283. The SMILES string of the molecule is Cc1c2cc(C(C)(C)C)cc1Cc1cc(C(C)(C)C)cc(c1C)CSCc1cc(C(C)(C)C)cc(c1OC(C)C)CSC2. The number of ether oxygens (including phenoxy) is 1. The molecule has 0 fully saturated rings. The Morgan fingerprint density at radius 3 is 1.14 bits per heavy atom. The van der Waals surface area contributed by atoms with Crippen molar-refractivity contribution in [1.82, 2.24) is 0 Å². The van der Waals surface area contributed by atoms with E-state index in [9.17, 15) is 0 Å². The minimum absolute atomic E-state index is 0.0785. The summed E-state index contributed by atoms with van der Waals surface area (Å²) in [5, 5.41) is 0. The number of thioether (sulfide) groups is 2. The fraction of sp³-hybridized carbons (Fsp3) is 0.550. The van der Waals surface area contributed by atoms with Gasteiger partial charge in [0.05, 0.1) is 6.10 Å². The highest BCUT2D eigenvalue weighted by Crippen LogP contribution is 2.40. The molecule has 0 aliphatic carbocycles. The van der Waals surface area contributed by atoms with Gasteiger partial charge in [0.25, 0.3) is 0 Å². The Hall–Kier alpha value is -1.84. The average molecular weight is 617 g/mol. The lowest BCUT2D eigenvalue weighted by atomic mass is 9.80. The van der Waals surface area contributed by atoms with Gasteiger partial charge in [0.1, 0.15) is 5.75 Å². The van der Waals surface area contributed by atoms with Crippen molar-refractivity contribution in [2.45, 2.75) is 142 Å². The molecule has 0 unspecified atom stereocenters. The van der Waals surface area contributed by atoms with E-state index >= 15 is 0 Å². The molecule has 234 valence electrons. The monoisotopic (exact) mass is 616 g/mol. The van der Waals surface area contributed by atoms with Gasteiger partial charge in [-0.3, -0.25) is 0 Å². The summed E-state index contributed by atoms with van der Waals surface area (Å²) in [6.45, 7) is 30.1. The van der Waals surface area contributed by atoms with Crippen LogP contribution < -0.4 is 4.74 Å². The first-order chi connectivity index (χ1) is 19.8. The van der Waals surface area contributed by atoms with E-state index in [4.69, 9.17) is 4.74 Å². The standard InChI is InChI=1S/C40H56OS2/c1-25(2)41-37-32-19-36(40(11,12)13)20-33(37)24-43-22-31-18-35(39(8,9)10)16-29(27(31)4)14-28-15-34(38(5,6)7)17-30(26(28)3)21-42-23-32/h15-20,25H,14,21-24H2,1-13H3. The molecule has 0 amide bonds. The van der Waals surface area contributed by atoms with Crippen molar-refractivity contribution in [2.24, 2.45) is 0 Å². The smallest absolute Gasteiger partial charge is 0.127 e. The number of fused-ring (bicyclic) bond motifs is 6. The Labute approximate surface area is 272 Å². The third-order valence-electron chi connectivity index (χ3n) is 8.85. The van der Waals surface area contributed by atoms with Crippen molar-refractivity contribution < 1.29 is 4.74 Å². The second-order valence-electron chi connectivity index (χ2n) is 16.0.